The molecule has 1 aromatic heterocycles. The maximum absolute atomic E-state index is 14.4. The van der Waals surface area contributed by atoms with E-state index in [4.69, 9.17) is 4.74 Å². The van der Waals surface area contributed by atoms with Gasteiger partial charge in [0.25, 0.3) is 5.91 Å². The Morgan fingerprint density at radius 1 is 1.03 bits per heavy atom. The second-order valence-electron chi connectivity index (χ2n) is 7.79. The number of carbonyl (C=O) groups is 1. The van der Waals surface area contributed by atoms with Crippen LogP contribution in [0.4, 0.5) is 10.1 Å². The van der Waals surface area contributed by atoms with Crippen LogP contribution in [-0.2, 0) is 14.8 Å². The summed E-state index contributed by atoms with van der Waals surface area (Å²) in [5.74, 6) is -0.864. The van der Waals surface area contributed by atoms with Crippen LogP contribution >= 0.6 is 0 Å². The molecular weight excluding hydrogens is 459 g/mol. The molecular formula is C24H21FN4O4S. The molecule has 0 unspecified atom stereocenters. The van der Waals surface area contributed by atoms with Gasteiger partial charge in [0, 0.05) is 24.3 Å². The summed E-state index contributed by atoms with van der Waals surface area (Å²) in [6.07, 6.45) is 0. The Hall–Kier alpha value is -3.60. The molecule has 34 heavy (non-hydrogen) atoms. The number of aromatic nitrogens is 2. The first-order valence-electron chi connectivity index (χ1n) is 10.7. The molecule has 2 N–H and O–H groups in total. The fraction of sp³-hybridized carbons (Fsp3) is 0.167. The third kappa shape index (κ3) is 4.30. The van der Waals surface area contributed by atoms with Crippen LogP contribution in [0, 0.1) is 5.82 Å². The van der Waals surface area contributed by atoms with E-state index in [1.807, 2.05) is 24.3 Å². The number of halogens is 1. The molecule has 0 radical (unpaired) electrons. The number of H-pyrrole nitrogens is 1. The highest BCUT2D eigenvalue weighted by Gasteiger charge is 2.28. The van der Waals surface area contributed by atoms with E-state index in [9.17, 15) is 17.6 Å². The van der Waals surface area contributed by atoms with Crippen molar-refractivity contribution in [1.29, 1.82) is 0 Å². The number of imidazole rings is 1. The van der Waals surface area contributed by atoms with E-state index in [1.165, 1.54) is 10.4 Å². The van der Waals surface area contributed by atoms with E-state index in [1.54, 1.807) is 24.3 Å². The average Bonchev–Trinajstić information content (AvgIpc) is 3.29. The number of morpholine rings is 1. The van der Waals surface area contributed by atoms with Gasteiger partial charge in [-0.3, -0.25) is 4.79 Å². The molecule has 3 aromatic carbocycles. The van der Waals surface area contributed by atoms with Gasteiger partial charge >= 0.3 is 0 Å². The van der Waals surface area contributed by atoms with Crippen LogP contribution in [0.1, 0.15) is 10.4 Å². The van der Waals surface area contributed by atoms with Gasteiger partial charge in [-0.05, 0) is 54.6 Å². The molecule has 0 spiro atoms. The Morgan fingerprint density at radius 2 is 1.76 bits per heavy atom. The third-order valence-corrected chi connectivity index (χ3v) is 7.49. The van der Waals surface area contributed by atoms with Crippen molar-refractivity contribution in [2.45, 2.75) is 4.90 Å². The zero-order valence-corrected chi connectivity index (χ0v) is 18.8. The molecule has 5 rings (SSSR count). The summed E-state index contributed by atoms with van der Waals surface area (Å²) in [6.45, 7) is 0.993. The van der Waals surface area contributed by atoms with Gasteiger partial charge in [0.2, 0.25) is 10.0 Å². The number of para-hydroxylation sites is 2. The van der Waals surface area contributed by atoms with Crippen LogP contribution < -0.4 is 5.32 Å². The topological polar surface area (TPSA) is 104 Å². The van der Waals surface area contributed by atoms with Crippen molar-refractivity contribution >= 4 is 32.7 Å². The molecule has 0 atom stereocenters. The molecule has 1 amide bonds. The van der Waals surface area contributed by atoms with Gasteiger partial charge in [-0.1, -0.05) is 12.1 Å². The van der Waals surface area contributed by atoms with Crippen molar-refractivity contribution in [1.82, 2.24) is 14.3 Å². The second kappa shape index (κ2) is 8.98. The zero-order valence-electron chi connectivity index (χ0n) is 18.0. The minimum absolute atomic E-state index is 0.138. The molecule has 1 saturated heterocycles. The Balaban J connectivity index is 1.35. The summed E-state index contributed by atoms with van der Waals surface area (Å²) in [5.41, 5.74) is 2.66. The highest BCUT2D eigenvalue weighted by atomic mass is 32.2. The number of carbonyl (C=O) groups excluding carboxylic acids is 1. The van der Waals surface area contributed by atoms with E-state index in [0.717, 1.165) is 28.7 Å². The van der Waals surface area contributed by atoms with Crippen LogP contribution in [0.25, 0.3) is 22.4 Å². The molecule has 1 fully saturated rings. The smallest absolute Gasteiger partial charge is 0.258 e. The first kappa shape index (κ1) is 22.2. The molecule has 0 saturated carbocycles. The first-order valence-corrected chi connectivity index (χ1v) is 12.1. The predicted octanol–water partition coefficient (Wildman–Crippen LogP) is 3.64. The maximum Gasteiger partial charge on any atom is 0.258 e. The molecule has 1 aliphatic rings. The number of hydrogen-bond donors (Lipinski definition) is 2. The van der Waals surface area contributed by atoms with Crippen LogP contribution in [-0.4, -0.2) is 54.9 Å². The largest absolute Gasteiger partial charge is 0.379 e. The normalized spacial score (nSPS) is 14.9. The van der Waals surface area contributed by atoms with E-state index in [0.29, 0.717) is 11.5 Å². The lowest BCUT2D eigenvalue weighted by atomic mass is 10.1. The average molecular weight is 481 g/mol. The van der Waals surface area contributed by atoms with Gasteiger partial charge < -0.3 is 15.0 Å². The van der Waals surface area contributed by atoms with E-state index >= 15 is 0 Å². The number of hydrogen-bond acceptors (Lipinski definition) is 5. The van der Waals surface area contributed by atoms with E-state index in [-0.39, 0.29) is 36.8 Å². The minimum Gasteiger partial charge on any atom is -0.379 e. The van der Waals surface area contributed by atoms with Crippen molar-refractivity contribution in [3.8, 4) is 11.4 Å². The van der Waals surface area contributed by atoms with Crippen molar-refractivity contribution in [2.24, 2.45) is 0 Å². The number of aromatic amines is 1. The van der Waals surface area contributed by atoms with Gasteiger partial charge in [0.05, 0.1) is 34.7 Å². The third-order valence-electron chi connectivity index (χ3n) is 5.60. The Bertz CT molecular complexity index is 1430. The van der Waals surface area contributed by atoms with Crippen molar-refractivity contribution in [3.63, 3.8) is 0 Å². The number of sulfonamides is 1. The molecule has 2 heterocycles. The lowest BCUT2D eigenvalue weighted by Crippen LogP contribution is -2.40. The summed E-state index contributed by atoms with van der Waals surface area (Å²) < 4.78 is 46.7. The van der Waals surface area contributed by atoms with Crippen LogP contribution in [0.3, 0.4) is 0 Å². The first-order chi connectivity index (χ1) is 16.4. The van der Waals surface area contributed by atoms with Crippen LogP contribution in [0.5, 0.6) is 0 Å². The number of fused-ring (bicyclic) bond motifs is 1. The number of nitrogens with zero attached hydrogens (tertiary/aromatic N) is 2. The minimum atomic E-state index is -3.86. The molecule has 4 aromatic rings. The maximum atomic E-state index is 14.4. The molecule has 10 heteroatoms. The SMILES string of the molecule is O=C(Nc1ccc(-c2nc3ccccc3[nH]2)cc1)c1cc(S(=O)(=O)N2CCOCC2)ccc1F. The number of amides is 1. The quantitative estimate of drug-likeness (QED) is 0.454. The monoisotopic (exact) mass is 480 g/mol. The Labute approximate surface area is 195 Å². The van der Waals surface area contributed by atoms with E-state index in [2.05, 4.69) is 15.3 Å². The summed E-state index contributed by atoms with van der Waals surface area (Å²) in [6, 6.07) is 17.8. The van der Waals surface area contributed by atoms with Gasteiger partial charge in [0.15, 0.2) is 0 Å². The van der Waals surface area contributed by atoms with Gasteiger partial charge in [-0.15, -0.1) is 0 Å². The van der Waals surface area contributed by atoms with Crippen LogP contribution in [0.2, 0.25) is 0 Å². The molecule has 0 bridgehead atoms. The van der Waals surface area contributed by atoms with Crippen LogP contribution in [0.15, 0.2) is 71.6 Å². The number of ether oxygens (including phenoxy) is 1. The number of nitrogens with one attached hydrogen (secondary N) is 2. The predicted molar refractivity (Wildman–Crippen MR) is 125 cm³/mol. The summed E-state index contributed by atoms with van der Waals surface area (Å²) in [7, 11) is -3.86. The molecule has 8 nitrogen and oxygen atoms in total. The standard InChI is InChI=1S/C24H21FN4O4S/c25-20-10-9-18(34(31,32)29-11-13-33-14-12-29)15-19(20)24(30)26-17-7-5-16(6-8-17)23-27-21-3-1-2-4-22(21)28-23/h1-10,15H,11-14H2,(H,26,30)(H,27,28). The molecule has 174 valence electrons. The highest BCUT2D eigenvalue weighted by Crippen LogP contribution is 2.24. The van der Waals surface area contributed by atoms with Crippen molar-refractivity contribution in [3.05, 3.63) is 78.1 Å². The lowest BCUT2D eigenvalue weighted by molar-refractivity contribution is 0.0730. The van der Waals surface area contributed by atoms with Gasteiger partial charge in [-0.2, -0.15) is 4.31 Å². The van der Waals surface area contributed by atoms with Crippen molar-refractivity contribution in [2.75, 3.05) is 31.6 Å². The Kier molecular flexibility index (Phi) is 5.86. The highest BCUT2D eigenvalue weighted by molar-refractivity contribution is 7.89. The second-order valence-corrected chi connectivity index (χ2v) is 9.73. The number of benzene rings is 3. The Morgan fingerprint density at radius 3 is 2.50 bits per heavy atom. The van der Waals surface area contributed by atoms with Crippen molar-refractivity contribution < 1.29 is 22.3 Å². The fourth-order valence-corrected chi connectivity index (χ4v) is 5.21. The van der Waals surface area contributed by atoms with E-state index < -0.39 is 21.7 Å². The summed E-state index contributed by atoms with van der Waals surface area (Å²) >= 11 is 0. The van der Waals surface area contributed by atoms with Gasteiger partial charge in [0.1, 0.15) is 11.6 Å². The summed E-state index contributed by atoms with van der Waals surface area (Å²) in [5, 5.41) is 2.62. The lowest BCUT2D eigenvalue weighted by Gasteiger charge is -2.26. The zero-order chi connectivity index (χ0) is 23.7. The number of anilines is 1. The molecule has 0 aliphatic carbocycles. The fourth-order valence-electron chi connectivity index (χ4n) is 3.77. The van der Waals surface area contributed by atoms with Gasteiger partial charge in [-0.25, -0.2) is 17.8 Å². The summed E-state index contributed by atoms with van der Waals surface area (Å²) in [4.78, 5) is 20.4. The molecule has 1 aliphatic heterocycles. The number of rotatable bonds is 5.